The van der Waals surface area contributed by atoms with Gasteiger partial charge in [-0.15, -0.1) is 0 Å². The van der Waals surface area contributed by atoms with E-state index in [9.17, 15) is 4.39 Å². The molecule has 0 aliphatic carbocycles. The molecule has 0 amide bonds. The van der Waals surface area contributed by atoms with Gasteiger partial charge in [0.15, 0.2) is 0 Å². The zero-order valence-corrected chi connectivity index (χ0v) is 12.0. The van der Waals surface area contributed by atoms with E-state index in [0.29, 0.717) is 27.4 Å². The van der Waals surface area contributed by atoms with Gasteiger partial charge in [0.2, 0.25) is 5.88 Å². The van der Waals surface area contributed by atoms with Crippen LogP contribution in [-0.4, -0.2) is 5.16 Å². The highest BCUT2D eigenvalue weighted by atomic mass is 35.5. The summed E-state index contributed by atoms with van der Waals surface area (Å²) in [5.41, 5.74) is 8.51. The Kier molecular flexibility index (Phi) is 3.39. The first-order valence-corrected chi connectivity index (χ1v) is 6.72. The second kappa shape index (κ2) is 5.22. The fourth-order valence-corrected chi connectivity index (χ4v) is 2.45. The topological polar surface area (TPSA) is 52.0 Å². The molecular weight excluding hydrogens is 291 g/mol. The van der Waals surface area contributed by atoms with Gasteiger partial charge < -0.3 is 10.3 Å². The Morgan fingerprint density at radius 3 is 2.62 bits per heavy atom. The van der Waals surface area contributed by atoms with E-state index >= 15 is 0 Å². The lowest BCUT2D eigenvalue weighted by molar-refractivity contribution is 0.439. The third kappa shape index (κ3) is 2.38. The summed E-state index contributed by atoms with van der Waals surface area (Å²) < 4.78 is 19.2. The average molecular weight is 303 g/mol. The predicted octanol–water partition coefficient (Wildman–Crippen LogP) is 4.69. The number of aryl methyl sites for hydroxylation is 1. The van der Waals surface area contributed by atoms with Crippen LogP contribution in [0.5, 0.6) is 0 Å². The number of hydrogen-bond acceptors (Lipinski definition) is 3. The smallest absolute Gasteiger partial charge is 0.230 e. The van der Waals surface area contributed by atoms with Crippen LogP contribution < -0.4 is 5.73 Å². The Labute approximate surface area is 126 Å². The summed E-state index contributed by atoms with van der Waals surface area (Å²) in [7, 11) is 0. The van der Waals surface area contributed by atoms with Crippen LogP contribution in [0.25, 0.3) is 22.4 Å². The molecule has 0 saturated carbocycles. The Morgan fingerprint density at radius 1 is 1.14 bits per heavy atom. The molecule has 0 unspecified atom stereocenters. The predicted molar refractivity (Wildman–Crippen MR) is 81.5 cm³/mol. The van der Waals surface area contributed by atoms with Crippen molar-refractivity contribution in [1.82, 2.24) is 5.16 Å². The SMILES string of the molecule is Cc1ccc(-c2noc(N)c2-c2ccccc2Cl)c(F)c1. The van der Waals surface area contributed by atoms with E-state index in [0.717, 1.165) is 5.56 Å². The van der Waals surface area contributed by atoms with Crippen molar-refractivity contribution in [1.29, 1.82) is 0 Å². The van der Waals surface area contributed by atoms with Gasteiger partial charge in [-0.3, -0.25) is 0 Å². The summed E-state index contributed by atoms with van der Waals surface area (Å²) in [6, 6.07) is 12.1. The molecule has 1 aromatic heterocycles. The molecule has 2 aromatic carbocycles. The van der Waals surface area contributed by atoms with Crippen LogP contribution >= 0.6 is 11.6 Å². The van der Waals surface area contributed by atoms with Gasteiger partial charge in [0.1, 0.15) is 11.5 Å². The third-order valence-corrected chi connectivity index (χ3v) is 3.57. The fraction of sp³-hybridized carbons (Fsp3) is 0.0625. The minimum Gasteiger partial charge on any atom is -0.367 e. The van der Waals surface area contributed by atoms with Crippen LogP contribution in [-0.2, 0) is 0 Å². The molecule has 0 spiro atoms. The Balaban J connectivity index is 2.25. The van der Waals surface area contributed by atoms with Gasteiger partial charge in [0, 0.05) is 16.1 Å². The van der Waals surface area contributed by atoms with E-state index in [1.165, 1.54) is 6.07 Å². The van der Waals surface area contributed by atoms with Gasteiger partial charge in [-0.1, -0.05) is 41.0 Å². The molecule has 106 valence electrons. The lowest BCUT2D eigenvalue weighted by atomic mass is 10.00. The number of hydrogen-bond donors (Lipinski definition) is 1. The molecule has 0 radical (unpaired) electrons. The van der Waals surface area contributed by atoms with Gasteiger partial charge in [-0.05, 0) is 30.7 Å². The van der Waals surface area contributed by atoms with Crippen LogP contribution in [0, 0.1) is 12.7 Å². The van der Waals surface area contributed by atoms with Crippen molar-refractivity contribution < 1.29 is 8.91 Å². The highest BCUT2D eigenvalue weighted by Crippen LogP contribution is 2.40. The van der Waals surface area contributed by atoms with Crippen LogP contribution in [0.1, 0.15) is 5.56 Å². The number of rotatable bonds is 2. The number of nitrogens with zero attached hydrogens (tertiary/aromatic N) is 1. The Bertz CT molecular complexity index is 814. The van der Waals surface area contributed by atoms with Crippen molar-refractivity contribution in [3.05, 3.63) is 58.9 Å². The Hall–Kier alpha value is -2.33. The average Bonchev–Trinajstić information content (AvgIpc) is 2.81. The molecule has 3 rings (SSSR count). The summed E-state index contributed by atoms with van der Waals surface area (Å²) in [5, 5.41) is 4.40. The molecule has 1 heterocycles. The standard InChI is InChI=1S/C16H12ClFN2O/c1-9-6-7-11(13(18)8-9)15-14(16(19)21-20-15)10-4-2-3-5-12(10)17/h2-8H,19H2,1H3. The molecule has 0 atom stereocenters. The zero-order chi connectivity index (χ0) is 15.0. The van der Waals surface area contributed by atoms with Crippen molar-refractivity contribution >= 4 is 17.5 Å². The summed E-state index contributed by atoms with van der Waals surface area (Å²) >= 11 is 6.19. The van der Waals surface area contributed by atoms with Gasteiger partial charge in [-0.2, -0.15) is 0 Å². The number of halogens is 2. The maximum absolute atomic E-state index is 14.2. The summed E-state index contributed by atoms with van der Waals surface area (Å²) in [4.78, 5) is 0. The molecule has 0 aliphatic heterocycles. The maximum Gasteiger partial charge on any atom is 0.230 e. The van der Waals surface area contributed by atoms with E-state index in [1.54, 1.807) is 24.3 Å². The van der Waals surface area contributed by atoms with Crippen LogP contribution in [0.2, 0.25) is 5.02 Å². The number of anilines is 1. The summed E-state index contributed by atoms with van der Waals surface area (Å²) in [6.07, 6.45) is 0. The van der Waals surface area contributed by atoms with E-state index in [1.807, 2.05) is 19.1 Å². The van der Waals surface area contributed by atoms with Crippen molar-refractivity contribution in [3.8, 4) is 22.4 Å². The van der Waals surface area contributed by atoms with Gasteiger partial charge in [0.25, 0.3) is 0 Å². The molecule has 2 N–H and O–H groups in total. The van der Waals surface area contributed by atoms with Crippen LogP contribution in [0.4, 0.5) is 10.3 Å². The van der Waals surface area contributed by atoms with Gasteiger partial charge in [-0.25, -0.2) is 4.39 Å². The monoisotopic (exact) mass is 302 g/mol. The quantitative estimate of drug-likeness (QED) is 0.747. The molecule has 21 heavy (non-hydrogen) atoms. The maximum atomic E-state index is 14.2. The lowest BCUT2D eigenvalue weighted by Crippen LogP contribution is -1.91. The van der Waals surface area contributed by atoms with E-state index in [4.69, 9.17) is 21.9 Å². The van der Waals surface area contributed by atoms with Gasteiger partial charge >= 0.3 is 0 Å². The molecule has 0 bridgehead atoms. The first-order valence-electron chi connectivity index (χ1n) is 6.34. The Morgan fingerprint density at radius 2 is 1.90 bits per heavy atom. The molecule has 5 heteroatoms. The van der Waals surface area contributed by atoms with Crippen molar-refractivity contribution in [2.24, 2.45) is 0 Å². The first kappa shape index (κ1) is 13.6. The van der Waals surface area contributed by atoms with Crippen LogP contribution in [0.3, 0.4) is 0 Å². The number of nitrogens with two attached hydrogens (primary N) is 1. The minimum atomic E-state index is -0.378. The lowest BCUT2D eigenvalue weighted by Gasteiger charge is -2.06. The zero-order valence-electron chi connectivity index (χ0n) is 11.2. The largest absolute Gasteiger partial charge is 0.367 e. The first-order chi connectivity index (χ1) is 10.1. The molecule has 3 aromatic rings. The molecule has 0 saturated heterocycles. The molecule has 3 nitrogen and oxygen atoms in total. The van der Waals surface area contributed by atoms with Gasteiger partial charge in [0.05, 0.1) is 5.56 Å². The summed E-state index contributed by atoms with van der Waals surface area (Å²) in [6.45, 7) is 1.82. The van der Waals surface area contributed by atoms with Crippen molar-refractivity contribution in [2.45, 2.75) is 6.92 Å². The molecular formula is C16H12ClFN2O. The highest BCUT2D eigenvalue weighted by molar-refractivity contribution is 6.33. The molecule has 0 fully saturated rings. The van der Waals surface area contributed by atoms with Crippen molar-refractivity contribution in [3.63, 3.8) is 0 Å². The fourth-order valence-electron chi connectivity index (χ4n) is 2.22. The second-order valence-electron chi connectivity index (χ2n) is 4.73. The highest BCUT2D eigenvalue weighted by Gasteiger charge is 2.21. The van der Waals surface area contributed by atoms with Crippen LogP contribution in [0.15, 0.2) is 47.0 Å². The second-order valence-corrected chi connectivity index (χ2v) is 5.14. The number of benzene rings is 2. The van der Waals surface area contributed by atoms with E-state index < -0.39 is 0 Å². The minimum absolute atomic E-state index is 0.109. The van der Waals surface area contributed by atoms with Crippen molar-refractivity contribution in [2.75, 3.05) is 5.73 Å². The summed E-state index contributed by atoms with van der Waals surface area (Å²) in [5.74, 6) is -0.269. The normalized spacial score (nSPS) is 10.8. The third-order valence-electron chi connectivity index (χ3n) is 3.24. The van der Waals surface area contributed by atoms with E-state index in [-0.39, 0.29) is 11.7 Å². The van der Waals surface area contributed by atoms with E-state index in [2.05, 4.69) is 5.16 Å². The number of nitrogen functional groups attached to an aromatic ring is 1. The number of aromatic nitrogens is 1. The molecule has 0 aliphatic rings.